The van der Waals surface area contributed by atoms with E-state index in [0.29, 0.717) is 0 Å². The number of nitrogens with zero attached hydrogens (tertiary/aromatic N) is 1. The molecule has 0 aliphatic carbocycles. The summed E-state index contributed by atoms with van der Waals surface area (Å²) in [6.07, 6.45) is 0. The molecule has 47 heavy (non-hydrogen) atoms. The SMILES string of the molecule is c1cc(-c2cccc3ccccc23)cc(N(c2ccc3sc4ccccc4c3c2)c2cccc3oc4c5ccccc5ccc4c23)c1. The molecule has 2 aromatic heterocycles. The van der Waals surface area contributed by atoms with Crippen LogP contribution in [0, 0.1) is 0 Å². The molecule has 2 heterocycles. The molecule has 0 amide bonds. The van der Waals surface area contributed by atoms with Gasteiger partial charge in [-0.3, -0.25) is 0 Å². The number of hydrogen-bond acceptors (Lipinski definition) is 3. The van der Waals surface area contributed by atoms with Crippen LogP contribution in [0.25, 0.3) is 74.8 Å². The van der Waals surface area contributed by atoms with Gasteiger partial charge in [0, 0.05) is 42.3 Å². The van der Waals surface area contributed by atoms with Gasteiger partial charge in [0.1, 0.15) is 11.2 Å². The van der Waals surface area contributed by atoms with Gasteiger partial charge in [0.15, 0.2) is 0 Å². The topological polar surface area (TPSA) is 16.4 Å². The minimum Gasteiger partial charge on any atom is -0.455 e. The molecule has 220 valence electrons. The van der Waals surface area contributed by atoms with Gasteiger partial charge >= 0.3 is 0 Å². The summed E-state index contributed by atoms with van der Waals surface area (Å²) in [5, 5.41) is 9.58. The van der Waals surface area contributed by atoms with Crippen LogP contribution in [-0.4, -0.2) is 0 Å². The Morgan fingerprint density at radius 2 is 1.15 bits per heavy atom. The Balaban J connectivity index is 1.26. The number of furan rings is 1. The van der Waals surface area contributed by atoms with Crippen molar-refractivity contribution in [1.82, 2.24) is 0 Å². The summed E-state index contributed by atoms with van der Waals surface area (Å²) in [5.41, 5.74) is 7.51. The highest BCUT2D eigenvalue weighted by molar-refractivity contribution is 7.25. The number of thiophene rings is 1. The molecule has 0 N–H and O–H groups in total. The molecule has 0 bridgehead atoms. The molecule has 0 saturated heterocycles. The zero-order valence-corrected chi connectivity index (χ0v) is 26.2. The molecule has 0 saturated carbocycles. The maximum atomic E-state index is 6.66. The second-order valence-electron chi connectivity index (χ2n) is 12.1. The molecule has 2 nitrogen and oxygen atoms in total. The molecular weight excluding hydrogens is 591 g/mol. The highest BCUT2D eigenvalue weighted by Gasteiger charge is 2.21. The summed E-state index contributed by atoms with van der Waals surface area (Å²) in [6.45, 7) is 0. The third-order valence-corrected chi connectivity index (χ3v) is 10.6. The van der Waals surface area contributed by atoms with Crippen LogP contribution < -0.4 is 4.90 Å². The molecule has 10 rings (SSSR count). The highest BCUT2D eigenvalue weighted by Crippen LogP contribution is 2.46. The fraction of sp³-hybridized carbons (Fsp3) is 0. The van der Waals surface area contributed by atoms with Crippen molar-refractivity contribution in [2.75, 3.05) is 4.90 Å². The van der Waals surface area contributed by atoms with Gasteiger partial charge in [-0.2, -0.15) is 0 Å². The summed E-state index contributed by atoms with van der Waals surface area (Å²) in [6, 6.07) is 59.1. The second-order valence-corrected chi connectivity index (χ2v) is 13.2. The first kappa shape index (κ1) is 26.3. The minimum absolute atomic E-state index is 0.881. The van der Waals surface area contributed by atoms with Gasteiger partial charge in [-0.15, -0.1) is 11.3 Å². The number of anilines is 3. The van der Waals surface area contributed by atoms with E-state index in [0.717, 1.165) is 44.4 Å². The molecule has 0 fully saturated rings. The van der Waals surface area contributed by atoms with Gasteiger partial charge in [0.05, 0.1) is 11.1 Å². The Morgan fingerprint density at radius 3 is 2.06 bits per heavy atom. The minimum atomic E-state index is 0.881. The van der Waals surface area contributed by atoms with E-state index in [2.05, 4.69) is 169 Å². The van der Waals surface area contributed by atoms with Crippen molar-refractivity contribution in [1.29, 1.82) is 0 Å². The van der Waals surface area contributed by atoms with Crippen molar-refractivity contribution >= 4 is 92.1 Å². The molecule has 0 spiro atoms. The molecule has 0 atom stereocenters. The standard InChI is InChI=1S/C44H27NOS/c1-3-15-33-28(10-1)12-8-18-34(33)30-13-7-14-31(26-30)45(32-23-25-42-38(27-32)36-17-5-6-21-41(36)47-42)39-19-9-20-40-43(39)37-24-22-29-11-2-4-16-35(29)44(37)46-40/h1-27H. The van der Waals surface area contributed by atoms with Crippen LogP contribution in [0.1, 0.15) is 0 Å². The lowest BCUT2D eigenvalue weighted by Gasteiger charge is -2.27. The largest absolute Gasteiger partial charge is 0.455 e. The molecule has 3 heteroatoms. The van der Waals surface area contributed by atoms with Crippen molar-refractivity contribution in [2.45, 2.75) is 0 Å². The quantitative estimate of drug-likeness (QED) is 0.195. The van der Waals surface area contributed by atoms with Crippen LogP contribution in [0.4, 0.5) is 17.1 Å². The molecule has 0 radical (unpaired) electrons. The molecule has 8 aromatic carbocycles. The average molecular weight is 618 g/mol. The van der Waals surface area contributed by atoms with Gasteiger partial charge in [0.2, 0.25) is 0 Å². The fourth-order valence-corrected chi connectivity index (χ4v) is 8.38. The third-order valence-electron chi connectivity index (χ3n) is 9.43. The summed E-state index contributed by atoms with van der Waals surface area (Å²) >= 11 is 1.85. The molecule has 10 aromatic rings. The van der Waals surface area contributed by atoms with E-state index in [1.54, 1.807) is 0 Å². The molecule has 0 aliphatic heterocycles. The lowest BCUT2D eigenvalue weighted by Crippen LogP contribution is -2.10. The summed E-state index contributed by atoms with van der Waals surface area (Å²) in [4.78, 5) is 2.41. The van der Waals surface area contributed by atoms with E-state index in [1.165, 1.54) is 47.5 Å². The summed E-state index contributed by atoms with van der Waals surface area (Å²) in [7, 11) is 0. The summed E-state index contributed by atoms with van der Waals surface area (Å²) in [5.74, 6) is 0. The van der Waals surface area contributed by atoms with E-state index in [1.807, 2.05) is 11.3 Å². The van der Waals surface area contributed by atoms with Crippen LogP contribution in [-0.2, 0) is 0 Å². The van der Waals surface area contributed by atoms with Gasteiger partial charge in [-0.05, 0) is 81.9 Å². The highest BCUT2D eigenvalue weighted by atomic mass is 32.1. The zero-order chi connectivity index (χ0) is 30.9. The predicted molar refractivity (Wildman–Crippen MR) is 202 cm³/mol. The molecule has 0 unspecified atom stereocenters. The van der Waals surface area contributed by atoms with Gasteiger partial charge in [-0.1, -0.05) is 109 Å². The first-order valence-corrected chi connectivity index (χ1v) is 16.7. The van der Waals surface area contributed by atoms with E-state index in [9.17, 15) is 0 Å². The van der Waals surface area contributed by atoms with Crippen molar-refractivity contribution in [3.8, 4) is 11.1 Å². The first-order valence-electron chi connectivity index (χ1n) is 15.9. The Hall–Kier alpha value is -5.90. The maximum absolute atomic E-state index is 6.66. The van der Waals surface area contributed by atoms with Crippen molar-refractivity contribution < 1.29 is 4.42 Å². The van der Waals surface area contributed by atoms with Crippen LogP contribution in [0.5, 0.6) is 0 Å². The third kappa shape index (κ3) is 4.10. The number of hydrogen-bond donors (Lipinski definition) is 0. The monoisotopic (exact) mass is 617 g/mol. The summed E-state index contributed by atoms with van der Waals surface area (Å²) < 4.78 is 9.25. The smallest absolute Gasteiger partial charge is 0.143 e. The average Bonchev–Trinajstić information content (AvgIpc) is 3.71. The second kappa shape index (κ2) is 10.3. The van der Waals surface area contributed by atoms with Crippen molar-refractivity contribution in [3.63, 3.8) is 0 Å². The van der Waals surface area contributed by atoms with Crippen LogP contribution in [0.3, 0.4) is 0 Å². The van der Waals surface area contributed by atoms with Gasteiger partial charge in [-0.25, -0.2) is 0 Å². The Morgan fingerprint density at radius 1 is 0.447 bits per heavy atom. The number of fused-ring (bicyclic) bond motifs is 9. The Bertz CT molecular complexity index is 2820. The normalized spacial score (nSPS) is 11.8. The van der Waals surface area contributed by atoms with Gasteiger partial charge < -0.3 is 9.32 Å². The van der Waals surface area contributed by atoms with Crippen LogP contribution >= 0.6 is 11.3 Å². The number of rotatable bonds is 4. The lowest BCUT2D eigenvalue weighted by molar-refractivity contribution is 0.672. The van der Waals surface area contributed by atoms with Gasteiger partial charge in [0.25, 0.3) is 0 Å². The first-order chi connectivity index (χ1) is 23.3. The maximum Gasteiger partial charge on any atom is 0.143 e. The van der Waals surface area contributed by atoms with E-state index < -0.39 is 0 Å². The van der Waals surface area contributed by atoms with E-state index >= 15 is 0 Å². The van der Waals surface area contributed by atoms with Crippen molar-refractivity contribution in [2.24, 2.45) is 0 Å². The molecule has 0 aliphatic rings. The lowest BCUT2D eigenvalue weighted by atomic mass is 9.97. The number of benzene rings is 8. The Labute approximate surface area is 275 Å². The van der Waals surface area contributed by atoms with Crippen LogP contribution in [0.2, 0.25) is 0 Å². The fourth-order valence-electron chi connectivity index (χ4n) is 7.29. The van der Waals surface area contributed by atoms with Crippen molar-refractivity contribution in [3.05, 3.63) is 164 Å². The predicted octanol–water partition coefficient (Wildman–Crippen LogP) is 13.4. The van der Waals surface area contributed by atoms with E-state index in [4.69, 9.17) is 4.42 Å². The Kier molecular flexibility index (Phi) is 5.78. The van der Waals surface area contributed by atoms with E-state index in [-0.39, 0.29) is 0 Å². The zero-order valence-electron chi connectivity index (χ0n) is 25.4. The molecular formula is C44H27NOS. The van der Waals surface area contributed by atoms with Crippen LogP contribution in [0.15, 0.2) is 168 Å².